The zero-order valence-corrected chi connectivity index (χ0v) is 10.8. The highest BCUT2D eigenvalue weighted by atomic mass is 16.5. The Morgan fingerprint density at radius 1 is 0.944 bits per heavy atom. The Kier molecular flexibility index (Phi) is 6.26. The van der Waals surface area contributed by atoms with Crippen LogP contribution in [-0.2, 0) is 6.61 Å². The summed E-state index contributed by atoms with van der Waals surface area (Å²) in [5.74, 6) is 0.773. The first-order chi connectivity index (χ1) is 8.88. The molecule has 0 amide bonds. The maximum Gasteiger partial charge on any atom is 0.150 e. The van der Waals surface area contributed by atoms with E-state index in [4.69, 9.17) is 4.74 Å². The molecule has 0 aliphatic heterocycles. The van der Waals surface area contributed by atoms with Crippen molar-refractivity contribution < 1.29 is 9.53 Å². The van der Waals surface area contributed by atoms with Crippen LogP contribution in [0.4, 0.5) is 0 Å². The molecule has 0 heterocycles. The molecule has 0 aliphatic carbocycles. The van der Waals surface area contributed by atoms with Crippen LogP contribution in [0.2, 0.25) is 0 Å². The summed E-state index contributed by atoms with van der Waals surface area (Å²) >= 11 is 0. The van der Waals surface area contributed by atoms with Gasteiger partial charge in [0.05, 0.1) is 0 Å². The number of carbonyl (C=O) groups is 1. The van der Waals surface area contributed by atoms with Crippen molar-refractivity contribution in [1.82, 2.24) is 0 Å². The third-order valence-corrected chi connectivity index (χ3v) is 2.26. The highest BCUT2D eigenvalue weighted by Gasteiger charge is 1.95. The van der Waals surface area contributed by atoms with Gasteiger partial charge in [0.1, 0.15) is 18.6 Å². The average molecular weight is 242 g/mol. The second-order valence-electron chi connectivity index (χ2n) is 3.46. The van der Waals surface area contributed by atoms with Crippen LogP contribution in [0.3, 0.4) is 0 Å². The lowest BCUT2D eigenvalue weighted by molar-refractivity contribution is 0.112. The fourth-order valence-electron chi connectivity index (χ4n) is 1.38. The zero-order chi connectivity index (χ0) is 13.2. The molecule has 0 aliphatic rings. The van der Waals surface area contributed by atoms with Crippen molar-refractivity contribution in [2.24, 2.45) is 0 Å². The van der Waals surface area contributed by atoms with Crippen LogP contribution in [0.15, 0.2) is 54.6 Å². The lowest BCUT2D eigenvalue weighted by Crippen LogP contribution is -1.94. The van der Waals surface area contributed by atoms with Gasteiger partial charge in [-0.15, -0.1) is 0 Å². The molecule has 0 saturated carbocycles. The molecule has 2 aromatic carbocycles. The first-order valence-corrected chi connectivity index (χ1v) is 6.10. The second-order valence-corrected chi connectivity index (χ2v) is 3.46. The monoisotopic (exact) mass is 242 g/mol. The normalized spacial score (nSPS) is 9.00. The Bertz CT molecular complexity index is 446. The third kappa shape index (κ3) is 4.42. The van der Waals surface area contributed by atoms with E-state index in [1.165, 1.54) is 0 Å². The van der Waals surface area contributed by atoms with E-state index >= 15 is 0 Å². The molecule has 0 unspecified atom stereocenters. The summed E-state index contributed by atoms with van der Waals surface area (Å²) in [4.78, 5) is 10.5. The van der Waals surface area contributed by atoms with Crippen molar-refractivity contribution in [2.45, 2.75) is 20.5 Å². The molecular formula is C16H18O2. The molecule has 2 rings (SSSR count). The van der Waals surface area contributed by atoms with E-state index in [1.54, 1.807) is 24.3 Å². The molecule has 0 fully saturated rings. The minimum atomic E-state index is 0.543. The highest BCUT2D eigenvalue weighted by Crippen LogP contribution is 2.13. The van der Waals surface area contributed by atoms with Crippen molar-refractivity contribution >= 4 is 6.29 Å². The maximum absolute atomic E-state index is 10.5. The number of ether oxygens (including phenoxy) is 1. The molecule has 0 atom stereocenters. The van der Waals surface area contributed by atoms with Crippen LogP contribution < -0.4 is 4.74 Å². The average Bonchev–Trinajstić information content (AvgIpc) is 2.49. The van der Waals surface area contributed by atoms with Gasteiger partial charge in [-0.05, 0) is 29.8 Å². The van der Waals surface area contributed by atoms with Crippen LogP contribution in [-0.4, -0.2) is 6.29 Å². The van der Waals surface area contributed by atoms with E-state index in [0.717, 1.165) is 17.6 Å². The third-order valence-electron chi connectivity index (χ3n) is 2.26. The van der Waals surface area contributed by atoms with Crippen LogP contribution in [0.25, 0.3) is 0 Å². The predicted octanol–water partition coefficient (Wildman–Crippen LogP) is 4.10. The Hall–Kier alpha value is -2.09. The van der Waals surface area contributed by atoms with Gasteiger partial charge in [0, 0.05) is 5.56 Å². The zero-order valence-electron chi connectivity index (χ0n) is 10.8. The van der Waals surface area contributed by atoms with Crippen molar-refractivity contribution in [3.63, 3.8) is 0 Å². The van der Waals surface area contributed by atoms with E-state index in [0.29, 0.717) is 12.2 Å². The Morgan fingerprint density at radius 2 is 1.56 bits per heavy atom. The Labute approximate surface area is 108 Å². The summed E-state index contributed by atoms with van der Waals surface area (Å²) in [6.45, 7) is 4.54. The Morgan fingerprint density at radius 3 is 2.11 bits per heavy atom. The van der Waals surface area contributed by atoms with Gasteiger partial charge in [-0.3, -0.25) is 4.79 Å². The number of benzene rings is 2. The molecule has 0 spiro atoms. The van der Waals surface area contributed by atoms with Gasteiger partial charge >= 0.3 is 0 Å². The number of aldehydes is 1. The van der Waals surface area contributed by atoms with Crippen LogP contribution in [0, 0.1) is 0 Å². The molecule has 2 aromatic rings. The standard InChI is InChI=1S/C14H12O2.C2H6/c15-10-12-6-8-14(9-7-12)16-11-13-4-2-1-3-5-13;1-2/h1-10H,11H2;1-2H3. The minimum absolute atomic E-state index is 0.543. The van der Waals surface area contributed by atoms with E-state index in [2.05, 4.69) is 0 Å². The van der Waals surface area contributed by atoms with Gasteiger partial charge in [0.15, 0.2) is 0 Å². The summed E-state index contributed by atoms with van der Waals surface area (Å²) in [6, 6.07) is 17.0. The first kappa shape index (κ1) is 14.0. The maximum atomic E-state index is 10.5. The smallest absolute Gasteiger partial charge is 0.150 e. The van der Waals surface area contributed by atoms with Gasteiger partial charge in [0.25, 0.3) is 0 Å². The van der Waals surface area contributed by atoms with Gasteiger partial charge in [-0.1, -0.05) is 44.2 Å². The molecular weight excluding hydrogens is 224 g/mol. The number of rotatable bonds is 4. The number of carbonyl (C=O) groups excluding carboxylic acids is 1. The lowest BCUT2D eigenvalue weighted by Gasteiger charge is -2.05. The molecule has 0 bridgehead atoms. The molecule has 0 saturated heterocycles. The topological polar surface area (TPSA) is 26.3 Å². The van der Waals surface area contributed by atoms with E-state index in [1.807, 2.05) is 44.2 Å². The molecule has 2 heteroatoms. The fourth-order valence-corrected chi connectivity index (χ4v) is 1.38. The first-order valence-electron chi connectivity index (χ1n) is 6.10. The molecule has 2 nitrogen and oxygen atoms in total. The summed E-state index contributed by atoms with van der Waals surface area (Å²) in [7, 11) is 0. The predicted molar refractivity (Wildman–Crippen MR) is 74.0 cm³/mol. The number of hydrogen-bond donors (Lipinski definition) is 0. The summed E-state index contributed by atoms with van der Waals surface area (Å²) in [5, 5.41) is 0. The van der Waals surface area contributed by atoms with Gasteiger partial charge in [0.2, 0.25) is 0 Å². The minimum Gasteiger partial charge on any atom is -0.489 e. The largest absolute Gasteiger partial charge is 0.489 e. The quantitative estimate of drug-likeness (QED) is 0.754. The molecule has 18 heavy (non-hydrogen) atoms. The molecule has 94 valence electrons. The molecule has 0 N–H and O–H groups in total. The summed E-state index contributed by atoms with van der Waals surface area (Å²) in [6.07, 6.45) is 0.820. The lowest BCUT2D eigenvalue weighted by atomic mass is 10.2. The van der Waals surface area contributed by atoms with Gasteiger partial charge in [-0.2, -0.15) is 0 Å². The van der Waals surface area contributed by atoms with E-state index in [9.17, 15) is 4.79 Å². The van der Waals surface area contributed by atoms with E-state index < -0.39 is 0 Å². The van der Waals surface area contributed by atoms with Crippen molar-refractivity contribution in [3.8, 4) is 5.75 Å². The van der Waals surface area contributed by atoms with Crippen LogP contribution >= 0.6 is 0 Å². The van der Waals surface area contributed by atoms with Crippen molar-refractivity contribution in [1.29, 1.82) is 0 Å². The highest BCUT2D eigenvalue weighted by molar-refractivity contribution is 5.74. The van der Waals surface area contributed by atoms with Crippen LogP contribution in [0.1, 0.15) is 29.8 Å². The van der Waals surface area contributed by atoms with E-state index in [-0.39, 0.29) is 0 Å². The number of hydrogen-bond acceptors (Lipinski definition) is 2. The van der Waals surface area contributed by atoms with Crippen molar-refractivity contribution in [3.05, 3.63) is 65.7 Å². The molecule has 0 aromatic heterocycles. The van der Waals surface area contributed by atoms with Gasteiger partial charge < -0.3 is 4.74 Å². The fraction of sp³-hybridized carbons (Fsp3) is 0.188. The summed E-state index contributed by atoms with van der Waals surface area (Å²) < 4.78 is 5.58. The summed E-state index contributed by atoms with van der Waals surface area (Å²) in [5.41, 5.74) is 1.79. The Balaban J connectivity index is 0.000000771. The molecule has 0 radical (unpaired) electrons. The van der Waals surface area contributed by atoms with Crippen LogP contribution in [0.5, 0.6) is 5.75 Å². The second kappa shape index (κ2) is 8.07. The SMILES string of the molecule is CC.O=Cc1ccc(OCc2ccccc2)cc1. The van der Waals surface area contributed by atoms with Crippen molar-refractivity contribution in [2.75, 3.05) is 0 Å². The van der Waals surface area contributed by atoms with Gasteiger partial charge in [-0.25, -0.2) is 0 Å².